The van der Waals surface area contributed by atoms with Crippen molar-refractivity contribution in [3.63, 3.8) is 0 Å². The normalized spacial score (nSPS) is 21.4. The van der Waals surface area contributed by atoms with E-state index >= 15 is 0 Å². The molecule has 0 aromatic carbocycles. The zero-order valence-corrected chi connectivity index (χ0v) is 20.9. The molecule has 0 radical (unpaired) electrons. The van der Waals surface area contributed by atoms with E-state index in [0.717, 1.165) is 61.5 Å². The summed E-state index contributed by atoms with van der Waals surface area (Å²) in [6.45, 7) is 6.45. The first-order valence-corrected chi connectivity index (χ1v) is 12.7. The molecule has 8 nitrogen and oxygen atoms in total. The average molecular weight is 522 g/mol. The maximum absolute atomic E-state index is 14.4. The molecule has 12 heteroatoms. The van der Waals surface area contributed by atoms with Crippen LogP contribution in [0.1, 0.15) is 44.2 Å². The Hall–Kier alpha value is -3.15. The Labute approximate surface area is 212 Å². The largest absolute Gasteiger partial charge is 0.472 e. The van der Waals surface area contributed by atoms with Crippen LogP contribution in [0.25, 0.3) is 10.9 Å². The highest BCUT2D eigenvalue weighted by Gasteiger charge is 2.36. The number of likely N-dealkylation sites (N-methyl/N-ethyl adjacent to an activating group) is 1. The summed E-state index contributed by atoms with van der Waals surface area (Å²) in [5.41, 5.74) is -0.370. The van der Waals surface area contributed by atoms with Gasteiger partial charge in [0, 0.05) is 51.2 Å². The third-order valence-electron chi connectivity index (χ3n) is 7.16. The van der Waals surface area contributed by atoms with Gasteiger partial charge in [-0.2, -0.15) is 18.3 Å². The van der Waals surface area contributed by atoms with Crippen LogP contribution >= 0.6 is 0 Å². The van der Waals surface area contributed by atoms with Gasteiger partial charge < -0.3 is 19.9 Å². The number of alkyl halides is 3. The fourth-order valence-electron chi connectivity index (χ4n) is 5.12. The van der Waals surface area contributed by atoms with Crippen molar-refractivity contribution in [1.82, 2.24) is 24.6 Å². The van der Waals surface area contributed by atoms with E-state index in [2.05, 4.69) is 36.8 Å². The second kappa shape index (κ2) is 10.3. The Morgan fingerprint density at radius 2 is 1.81 bits per heavy atom. The van der Waals surface area contributed by atoms with Gasteiger partial charge in [0.25, 0.3) is 5.88 Å². The number of ether oxygens (including phenoxy) is 1. The minimum atomic E-state index is -4.80. The molecule has 200 valence electrons. The number of nitrogens with zero attached hydrogens (tertiary/aromatic N) is 6. The van der Waals surface area contributed by atoms with Crippen LogP contribution in [0, 0.1) is 5.82 Å². The van der Waals surface area contributed by atoms with Gasteiger partial charge in [-0.25, -0.2) is 14.4 Å². The lowest BCUT2D eigenvalue weighted by Gasteiger charge is -2.33. The van der Waals surface area contributed by atoms with Crippen molar-refractivity contribution in [3.05, 3.63) is 35.9 Å². The Morgan fingerprint density at radius 3 is 2.49 bits per heavy atom. The summed E-state index contributed by atoms with van der Waals surface area (Å²) < 4.78 is 61.2. The first kappa shape index (κ1) is 25.5. The lowest BCUT2D eigenvalue weighted by atomic mass is 9.93. The van der Waals surface area contributed by atoms with Crippen LogP contribution in [0.4, 0.5) is 29.2 Å². The van der Waals surface area contributed by atoms with Crippen LogP contribution < -0.4 is 15.0 Å². The van der Waals surface area contributed by atoms with Gasteiger partial charge in [-0.3, -0.25) is 4.68 Å². The molecule has 4 heterocycles. The van der Waals surface area contributed by atoms with Gasteiger partial charge in [-0.1, -0.05) is 0 Å². The first-order valence-electron chi connectivity index (χ1n) is 12.7. The van der Waals surface area contributed by atoms with Crippen LogP contribution in [0.15, 0.2) is 24.5 Å². The molecular weight excluding hydrogens is 490 g/mol. The second-order valence-corrected chi connectivity index (χ2v) is 9.70. The number of pyridine rings is 2. The van der Waals surface area contributed by atoms with E-state index in [1.807, 2.05) is 19.2 Å². The van der Waals surface area contributed by atoms with Crippen molar-refractivity contribution in [1.29, 1.82) is 0 Å². The third kappa shape index (κ3) is 5.29. The number of halogens is 4. The standard InChI is InChI=1S/C25H31F4N7O/c1-3-30-21-14-20-18(15-32-21)23(35-12-10-34(2)11-13-35)33-36(20)16-4-6-17(7-5-16)37-24-22(26)19(8-9-31-24)25(27,28)29/h8-9,14-17H,3-7,10-13H2,1-2H3,(H,30,32)/t16-,17+. The van der Waals surface area contributed by atoms with Crippen LogP contribution in [-0.4, -0.2) is 70.5 Å². The quantitative estimate of drug-likeness (QED) is 0.471. The molecule has 2 fully saturated rings. The van der Waals surface area contributed by atoms with Gasteiger partial charge in [0.2, 0.25) is 0 Å². The fourth-order valence-corrected chi connectivity index (χ4v) is 5.12. The van der Waals surface area contributed by atoms with Gasteiger partial charge >= 0.3 is 6.18 Å². The minimum absolute atomic E-state index is 0.0831. The number of hydrogen-bond acceptors (Lipinski definition) is 7. The summed E-state index contributed by atoms with van der Waals surface area (Å²) in [5, 5.41) is 9.31. The van der Waals surface area contributed by atoms with Crippen LogP contribution in [0.2, 0.25) is 0 Å². The van der Waals surface area contributed by atoms with E-state index in [1.165, 1.54) is 0 Å². The molecule has 2 aliphatic rings. The van der Waals surface area contributed by atoms with E-state index in [9.17, 15) is 17.6 Å². The molecule has 3 aromatic heterocycles. The maximum Gasteiger partial charge on any atom is 0.419 e. The molecule has 5 rings (SSSR count). The zero-order valence-electron chi connectivity index (χ0n) is 20.9. The molecule has 37 heavy (non-hydrogen) atoms. The zero-order chi connectivity index (χ0) is 26.2. The summed E-state index contributed by atoms with van der Waals surface area (Å²) in [5.74, 6) is -0.353. The number of aromatic nitrogens is 4. The van der Waals surface area contributed by atoms with E-state index in [4.69, 9.17) is 9.84 Å². The molecule has 0 spiro atoms. The minimum Gasteiger partial charge on any atom is -0.472 e. The van der Waals surface area contributed by atoms with Crippen molar-refractivity contribution in [3.8, 4) is 5.88 Å². The van der Waals surface area contributed by atoms with Gasteiger partial charge in [0.05, 0.1) is 22.5 Å². The van der Waals surface area contributed by atoms with Crippen molar-refractivity contribution in [2.45, 2.75) is 50.9 Å². The first-order chi connectivity index (χ1) is 17.7. The van der Waals surface area contributed by atoms with Crippen molar-refractivity contribution in [2.75, 3.05) is 50.0 Å². The third-order valence-corrected chi connectivity index (χ3v) is 7.16. The number of anilines is 2. The molecule has 1 saturated heterocycles. The highest BCUT2D eigenvalue weighted by atomic mass is 19.4. The van der Waals surface area contributed by atoms with Gasteiger partial charge in [0.1, 0.15) is 11.9 Å². The second-order valence-electron chi connectivity index (χ2n) is 9.70. The Bertz CT molecular complexity index is 1230. The predicted octanol–water partition coefficient (Wildman–Crippen LogP) is 4.73. The Kier molecular flexibility index (Phi) is 7.11. The number of fused-ring (bicyclic) bond motifs is 1. The lowest BCUT2D eigenvalue weighted by molar-refractivity contribution is -0.140. The summed E-state index contributed by atoms with van der Waals surface area (Å²) in [6, 6.07) is 2.73. The van der Waals surface area contributed by atoms with E-state index in [1.54, 1.807) is 0 Å². The lowest BCUT2D eigenvalue weighted by Crippen LogP contribution is -2.44. The summed E-state index contributed by atoms with van der Waals surface area (Å²) in [4.78, 5) is 12.9. The smallest absolute Gasteiger partial charge is 0.419 e. The molecule has 0 amide bonds. The highest BCUT2D eigenvalue weighted by molar-refractivity contribution is 5.91. The molecule has 1 aliphatic heterocycles. The Balaban J connectivity index is 1.35. The molecule has 1 N–H and O–H groups in total. The monoisotopic (exact) mass is 521 g/mol. The fraction of sp³-hybridized carbons (Fsp3) is 0.560. The van der Waals surface area contributed by atoms with E-state index in [-0.39, 0.29) is 6.04 Å². The summed E-state index contributed by atoms with van der Waals surface area (Å²) in [7, 11) is 2.11. The number of rotatable bonds is 6. The number of piperazine rings is 1. The van der Waals surface area contributed by atoms with Gasteiger partial charge in [-0.15, -0.1) is 0 Å². The Morgan fingerprint density at radius 1 is 1.08 bits per heavy atom. The van der Waals surface area contributed by atoms with Crippen molar-refractivity contribution >= 4 is 22.5 Å². The average Bonchev–Trinajstić information content (AvgIpc) is 3.24. The van der Waals surface area contributed by atoms with Crippen molar-refractivity contribution < 1.29 is 22.3 Å². The molecule has 0 bridgehead atoms. The van der Waals surface area contributed by atoms with Gasteiger partial charge in [-0.05, 0) is 45.7 Å². The number of hydrogen-bond donors (Lipinski definition) is 1. The SMILES string of the molecule is CCNc1cc2c(cn1)c(N1CCN(C)CC1)nn2[C@H]1CC[C@@H](Oc2nccc(C(F)(F)F)c2F)CC1. The summed E-state index contributed by atoms with van der Waals surface area (Å²) in [6.07, 6.45) is 0.0915. The molecule has 0 unspecified atom stereocenters. The molecule has 0 atom stereocenters. The predicted molar refractivity (Wildman–Crippen MR) is 133 cm³/mol. The number of nitrogens with one attached hydrogen (secondary N) is 1. The van der Waals surface area contributed by atoms with E-state index in [0.29, 0.717) is 31.7 Å². The molecule has 3 aromatic rings. The molecule has 1 saturated carbocycles. The van der Waals surface area contributed by atoms with Crippen LogP contribution in [-0.2, 0) is 6.18 Å². The topological polar surface area (TPSA) is 71.3 Å². The van der Waals surface area contributed by atoms with Gasteiger partial charge in [0.15, 0.2) is 11.6 Å². The van der Waals surface area contributed by atoms with Crippen LogP contribution in [0.3, 0.4) is 0 Å². The van der Waals surface area contributed by atoms with Crippen molar-refractivity contribution in [2.24, 2.45) is 0 Å². The van der Waals surface area contributed by atoms with E-state index < -0.39 is 29.5 Å². The van der Waals surface area contributed by atoms with Crippen LogP contribution in [0.5, 0.6) is 5.88 Å². The summed E-state index contributed by atoms with van der Waals surface area (Å²) >= 11 is 0. The molecular formula is C25H31F4N7O. The highest BCUT2D eigenvalue weighted by Crippen LogP contribution is 2.38. The molecule has 1 aliphatic carbocycles. The maximum atomic E-state index is 14.4.